The molecule has 0 atom stereocenters. The first-order chi connectivity index (χ1) is 11.7. The number of carbonyl (C=O) groups excluding carboxylic acids is 1. The van der Waals surface area contributed by atoms with Crippen molar-refractivity contribution < 1.29 is 9.90 Å². The molecule has 24 heavy (non-hydrogen) atoms. The van der Waals surface area contributed by atoms with Crippen molar-refractivity contribution in [3.05, 3.63) is 12.4 Å². The fraction of sp³-hybridized carbons (Fsp3) is 0.706. The number of rotatable bonds is 7. The third kappa shape index (κ3) is 4.80. The molecule has 2 fully saturated rings. The minimum absolute atomic E-state index is 0.145. The molecule has 3 rings (SSSR count). The maximum Gasteiger partial charge on any atom is 0.222 e. The molecular weight excluding hydrogens is 306 g/mol. The standard InChI is InChI=1S/C17H27N5O2/c23-14-6-4-13(5-7-14)21-16-11-15(19-12-20-16)18-8-2-10-22-9-1-3-17(22)24/h11-14,23H,1-10H2,(H2,18,19,20,21). The van der Waals surface area contributed by atoms with Crippen LogP contribution in [0.4, 0.5) is 11.6 Å². The van der Waals surface area contributed by atoms with E-state index >= 15 is 0 Å². The molecule has 7 nitrogen and oxygen atoms in total. The van der Waals surface area contributed by atoms with Gasteiger partial charge in [0, 0.05) is 38.2 Å². The molecule has 132 valence electrons. The lowest BCUT2D eigenvalue weighted by Crippen LogP contribution is -2.28. The SMILES string of the molecule is O=C1CCCN1CCCNc1cc(NC2CCC(O)CC2)ncn1. The van der Waals surface area contributed by atoms with Crippen molar-refractivity contribution in [1.82, 2.24) is 14.9 Å². The molecule has 0 bridgehead atoms. The van der Waals surface area contributed by atoms with Gasteiger partial charge in [0.1, 0.15) is 18.0 Å². The van der Waals surface area contributed by atoms with Gasteiger partial charge >= 0.3 is 0 Å². The molecular formula is C17H27N5O2. The van der Waals surface area contributed by atoms with Crippen molar-refractivity contribution in [1.29, 1.82) is 0 Å². The van der Waals surface area contributed by atoms with E-state index in [1.807, 2.05) is 11.0 Å². The van der Waals surface area contributed by atoms with Crippen LogP contribution in [0.1, 0.15) is 44.9 Å². The number of anilines is 2. The number of aromatic nitrogens is 2. The maximum atomic E-state index is 11.6. The molecule has 2 heterocycles. The number of aliphatic hydroxyl groups excluding tert-OH is 1. The van der Waals surface area contributed by atoms with Gasteiger partial charge in [-0.3, -0.25) is 4.79 Å². The predicted molar refractivity (Wildman–Crippen MR) is 92.8 cm³/mol. The smallest absolute Gasteiger partial charge is 0.222 e. The highest BCUT2D eigenvalue weighted by molar-refractivity contribution is 5.78. The monoisotopic (exact) mass is 333 g/mol. The Balaban J connectivity index is 1.40. The molecule has 0 aromatic carbocycles. The normalized spacial score (nSPS) is 24.2. The molecule has 1 saturated carbocycles. The van der Waals surface area contributed by atoms with Gasteiger partial charge in [-0.15, -0.1) is 0 Å². The van der Waals surface area contributed by atoms with Crippen molar-refractivity contribution in [2.75, 3.05) is 30.3 Å². The van der Waals surface area contributed by atoms with Crippen molar-refractivity contribution in [2.45, 2.75) is 57.1 Å². The summed E-state index contributed by atoms with van der Waals surface area (Å²) < 4.78 is 0. The lowest BCUT2D eigenvalue weighted by Gasteiger charge is -2.26. The lowest BCUT2D eigenvalue weighted by atomic mass is 9.93. The van der Waals surface area contributed by atoms with Crippen molar-refractivity contribution in [3.8, 4) is 0 Å². The predicted octanol–water partition coefficient (Wildman–Crippen LogP) is 1.62. The summed E-state index contributed by atoms with van der Waals surface area (Å²) in [4.78, 5) is 22.0. The van der Waals surface area contributed by atoms with Crippen LogP contribution in [0.2, 0.25) is 0 Å². The van der Waals surface area contributed by atoms with Gasteiger partial charge < -0.3 is 20.6 Å². The first-order valence-corrected chi connectivity index (χ1v) is 8.99. The van der Waals surface area contributed by atoms with Crippen LogP contribution in [-0.4, -0.2) is 57.7 Å². The third-order valence-electron chi connectivity index (χ3n) is 4.80. The zero-order valence-electron chi connectivity index (χ0n) is 14.1. The summed E-state index contributed by atoms with van der Waals surface area (Å²) in [5.41, 5.74) is 0. The number of hydrogen-bond donors (Lipinski definition) is 3. The first-order valence-electron chi connectivity index (χ1n) is 8.99. The summed E-state index contributed by atoms with van der Waals surface area (Å²) in [6.07, 6.45) is 7.67. The minimum atomic E-state index is -0.145. The number of hydrogen-bond acceptors (Lipinski definition) is 6. The number of likely N-dealkylation sites (tertiary alicyclic amines) is 1. The number of nitrogens with one attached hydrogen (secondary N) is 2. The van der Waals surface area contributed by atoms with Crippen molar-refractivity contribution >= 4 is 17.5 Å². The van der Waals surface area contributed by atoms with Crippen LogP contribution in [0.3, 0.4) is 0 Å². The average molecular weight is 333 g/mol. The average Bonchev–Trinajstić information content (AvgIpc) is 2.99. The summed E-state index contributed by atoms with van der Waals surface area (Å²) >= 11 is 0. The molecule has 1 amide bonds. The van der Waals surface area contributed by atoms with E-state index in [1.54, 1.807) is 6.33 Å². The van der Waals surface area contributed by atoms with Gasteiger partial charge in [0.05, 0.1) is 6.10 Å². The highest BCUT2D eigenvalue weighted by atomic mass is 16.3. The maximum absolute atomic E-state index is 11.6. The Hall–Kier alpha value is -1.89. The van der Waals surface area contributed by atoms with Crippen molar-refractivity contribution in [2.24, 2.45) is 0 Å². The lowest BCUT2D eigenvalue weighted by molar-refractivity contribution is -0.127. The summed E-state index contributed by atoms with van der Waals surface area (Å²) in [7, 11) is 0. The molecule has 1 aliphatic carbocycles. The number of aliphatic hydroxyl groups is 1. The van der Waals surface area contributed by atoms with Gasteiger partial charge in [0.15, 0.2) is 0 Å². The van der Waals surface area contributed by atoms with E-state index in [-0.39, 0.29) is 12.0 Å². The fourth-order valence-corrected chi connectivity index (χ4v) is 3.39. The van der Waals surface area contributed by atoms with E-state index in [1.165, 1.54) is 0 Å². The summed E-state index contributed by atoms with van der Waals surface area (Å²) in [6, 6.07) is 2.30. The van der Waals surface area contributed by atoms with E-state index in [4.69, 9.17) is 0 Å². The van der Waals surface area contributed by atoms with Gasteiger partial charge in [0.25, 0.3) is 0 Å². The van der Waals surface area contributed by atoms with Crippen LogP contribution in [0.25, 0.3) is 0 Å². The van der Waals surface area contributed by atoms with Crippen LogP contribution in [0.15, 0.2) is 12.4 Å². The fourth-order valence-electron chi connectivity index (χ4n) is 3.39. The second kappa shape index (κ2) is 8.28. The van der Waals surface area contributed by atoms with Crippen LogP contribution >= 0.6 is 0 Å². The molecule has 1 aromatic rings. The summed E-state index contributed by atoms with van der Waals surface area (Å²) in [5.74, 6) is 1.90. The van der Waals surface area contributed by atoms with Crippen LogP contribution in [0.5, 0.6) is 0 Å². The Morgan fingerprint density at radius 1 is 1.21 bits per heavy atom. The molecule has 7 heteroatoms. The minimum Gasteiger partial charge on any atom is -0.393 e. The number of carbonyl (C=O) groups is 1. The van der Waals surface area contributed by atoms with E-state index in [2.05, 4.69) is 20.6 Å². The molecule has 1 aromatic heterocycles. The number of amides is 1. The topological polar surface area (TPSA) is 90.4 Å². The van der Waals surface area contributed by atoms with Gasteiger partial charge in [-0.1, -0.05) is 0 Å². The quantitative estimate of drug-likeness (QED) is 0.657. The molecule has 2 aliphatic rings. The summed E-state index contributed by atoms with van der Waals surface area (Å²) in [6.45, 7) is 2.50. The molecule has 1 aliphatic heterocycles. The molecule has 0 spiro atoms. The first kappa shape index (κ1) is 17.0. The van der Waals surface area contributed by atoms with E-state index in [0.717, 1.165) is 69.8 Å². The van der Waals surface area contributed by atoms with Crippen LogP contribution in [-0.2, 0) is 4.79 Å². The van der Waals surface area contributed by atoms with E-state index in [9.17, 15) is 9.90 Å². The molecule has 0 radical (unpaired) electrons. The molecule has 1 saturated heterocycles. The Morgan fingerprint density at radius 3 is 2.75 bits per heavy atom. The van der Waals surface area contributed by atoms with Crippen LogP contribution in [0, 0.1) is 0 Å². The summed E-state index contributed by atoms with van der Waals surface area (Å²) in [5, 5.41) is 16.3. The van der Waals surface area contributed by atoms with E-state index in [0.29, 0.717) is 12.5 Å². The Labute approximate surface area is 142 Å². The van der Waals surface area contributed by atoms with Crippen molar-refractivity contribution in [3.63, 3.8) is 0 Å². The van der Waals surface area contributed by atoms with Gasteiger partial charge in [-0.05, 0) is 38.5 Å². The third-order valence-corrected chi connectivity index (χ3v) is 4.80. The second-order valence-corrected chi connectivity index (χ2v) is 6.70. The Kier molecular flexibility index (Phi) is 5.85. The Bertz CT molecular complexity index is 546. The van der Waals surface area contributed by atoms with Gasteiger partial charge in [0.2, 0.25) is 5.91 Å². The Morgan fingerprint density at radius 2 is 2.00 bits per heavy atom. The number of nitrogens with zero attached hydrogens (tertiary/aromatic N) is 3. The highest BCUT2D eigenvalue weighted by Crippen LogP contribution is 2.22. The zero-order chi connectivity index (χ0) is 16.8. The van der Waals surface area contributed by atoms with Gasteiger partial charge in [-0.25, -0.2) is 9.97 Å². The van der Waals surface area contributed by atoms with E-state index < -0.39 is 0 Å². The van der Waals surface area contributed by atoms with Crippen LogP contribution < -0.4 is 10.6 Å². The molecule has 3 N–H and O–H groups in total. The molecule has 0 unspecified atom stereocenters. The largest absolute Gasteiger partial charge is 0.393 e. The zero-order valence-corrected chi connectivity index (χ0v) is 14.1. The second-order valence-electron chi connectivity index (χ2n) is 6.70. The highest BCUT2D eigenvalue weighted by Gasteiger charge is 2.20. The van der Waals surface area contributed by atoms with Gasteiger partial charge in [-0.2, -0.15) is 0 Å².